The number of nitrogens with two attached hydrogens (primary N) is 1. The summed E-state index contributed by atoms with van der Waals surface area (Å²) in [5.74, 6) is -0.0278. The second-order valence-electron chi connectivity index (χ2n) is 6.29. The van der Waals surface area contributed by atoms with Crippen molar-refractivity contribution >= 4 is 22.5 Å². The van der Waals surface area contributed by atoms with Gasteiger partial charge in [-0.15, -0.1) is 0 Å². The Bertz CT molecular complexity index is 889. The maximum atomic E-state index is 12.8. The molecule has 1 heterocycles. The molecule has 0 aliphatic heterocycles. The van der Waals surface area contributed by atoms with Crippen LogP contribution in [0.5, 0.6) is 0 Å². The summed E-state index contributed by atoms with van der Waals surface area (Å²) in [7, 11) is 0. The van der Waals surface area contributed by atoms with Crippen LogP contribution >= 0.6 is 0 Å². The van der Waals surface area contributed by atoms with Crippen LogP contribution in [0.4, 0.5) is 5.69 Å². The number of H-pyrrole nitrogens is 1. The minimum atomic E-state index is -0.0278. The lowest BCUT2D eigenvalue weighted by molar-refractivity contribution is 0.0953. The standard InChI is InChI=1S/C19H19N3O/c1-11-2-4-12(5-3-11)18-17(19(23)21-14-7-8-14)15-10-13(20)6-9-16(15)22-18/h2-6,9-10,14,22H,7-8,20H2,1H3,(H,21,23). The monoisotopic (exact) mass is 305 g/mol. The van der Waals surface area contributed by atoms with Crippen molar-refractivity contribution in [1.29, 1.82) is 0 Å². The van der Waals surface area contributed by atoms with E-state index < -0.39 is 0 Å². The van der Waals surface area contributed by atoms with Gasteiger partial charge in [0.15, 0.2) is 0 Å². The van der Waals surface area contributed by atoms with Gasteiger partial charge in [0.25, 0.3) is 5.91 Å². The Hall–Kier alpha value is -2.75. The molecule has 3 aromatic rings. The first-order valence-corrected chi connectivity index (χ1v) is 7.91. The topological polar surface area (TPSA) is 70.9 Å². The Morgan fingerprint density at radius 3 is 2.61 bits per heavy atom. The van der Waals surface area contributed by atoms with E-state index in [2.05, 4.69) is 29.4 Å². The van der Waals surface area contributed by atoms with Crippen molar-refractivity contribution in [1.82, 2.24) is 10.3 Å². The second-order valence-corrected chi connectivity index (χ2v) is 6.29. The zero-order valence-corrected chi connectivity index (χ0v) is 13.0. The Kier molecular flexibility index (Phi) is 3.11. The predicted molar refractivity (Wildman–Crippen MR) is 93.4 cm³/mol. The molecule has 4 heteroatoms. The Morgan fingerprint density at radius 1 is 1.17 bits per heavy atom. The summed E-state index contributed by atoms with van der Waals surface area (Å²) in [5.41, 5.74) is 11.2. The number of carbonyl (C=O) groups excluding carboxylic acids is 1. The van der Waals surface area contributed by atoms with Crippen molar-refractivity contribution in [3.63, 3.8) is 0 Å². The van der Waals surface area contributed by atoms with Gasteiger partial charge in [0, 0.05) is 22.6 Å². The summed E-state index contributed by atoms with van der Waals surface area (Å²) >= 11 is 0. The number of benzene rings is 2. The molecule has 0 radical (unpaired) electrons. The Morgan fingerprint density at radius 2 is 1.91 bits per heavy atom. The third-order valence-corrected chi connectivity index (χ3v) is 4.30. The summed E-state index contributed by atoms with van der Waals surface area (Å²) in [6, 6.07) is 14.1. The fourth-order valence-electron chi connectivity index (χ4n) is 2.87. The van der Waals surface area contributed by atoms with E-state index in [1.165, 1.54) is 5.56 Å². The van der Waals surface area contributed by atoms with Crippen molar-refractivity contribution in [3.05, 3.63) is 53.6 Å². The van der Waals surface area contributed by atoms with Gasteiger partial charge < -0.3 is 16.0 Å². The molecule has 0 unspecified atom stereocenters. The molecular formula is C19H19N3O. The van der Waals surface area contributed by atoms with Crippen LogP contribution in [0, 0.1) is 6.92 Å². The zero-order valence-electron chi connectivity index (χ0n) is 13.0. The summed E-state index contributed by atoms with van der Waals surface area (Å²) in [4.78, 5) is 16.2. The number of aryl methyl sites for hydroxylation is 1. The molecule has 0 saturated heterocycles. The Labute approximate surface area is 134 Å². The number of aromatic amines is 1. The first-order valence-electron chi connectivity index (χ1n) is 7.91. The Balaban J connectivity index is 1.90. The molecule has 4 nitrogen and oxygen atoms in total. The van der Waals surface area contributed by atoms with Gasteiger partial charge in [-0.2, -0.15) is 0 Å². The van der Waals surface area contributed by atoms with E-state index in [0.29, 0.717) is 17.3 Å². The summed E-state index contributed by atoms with van der Waals surface area (Å²) < 4.78 is 0. The number of hydrogen-bond acceptors (Lipinski definition) is 2. The first-order chi connectivity index (χ1) is 11.1. The molecule has 1 fully saturated rings. The summed E-state index contributed by atoms with van der Waals surface area (Å²) in [6.45, 7) is 2.05. The normalized spacial score (nSPS) is 14.1. The molecule has 4 N–H and O–H groups in total. The molecule has 0 spiro atoms. The van der Waals surface area contributed by atoms with Gasteiger partial charge >= 0.3 is 0 Å². The molecule has 4 rings (SSSR count). The maximum absolute atomic E-state index is 12.8. The molecule has 1 aliphatic rings. The molecular weight excluding hydrogens is 286 g/mol. The molecule has 1 aromatic heterocycles. The lowest BCUT2D eigenvalue weighted by Crippen LogP contribution is -2.25. The van der Waals surface area contributed by atoms with E-state index in [1.807, 2.05) is 30.3 Å². The van der Waals surface area contributed by atoms with Crippen LogP contribution in [0.2, 0.25) is 0 Å². The lowest BCUT2D eigenvalue weighted by Gasteiger charge is -2.07. The van der Waals surface area contributed by atoms with E-state index in [9.17, 15) is 4.79 Å². The number of amides is 1. The highest BCUT2D eigenvalue weighted by Gasteiger charge is 2.27. The molecule has 1 amide bonds. The van der Waals surface area contributed by atoms with Gasteiger partial charge in [-0.05, 0) is 43.5 Å². The lowest BCUT2D eigenvalue weighted by atomic mass is 10.0. The summed E-state index contributed by atoms with van der Waals surface area (Å²) in [6.07, 6.45) is 2.13. The SMILES string of the molecule is Cc1ccc(-c2[nH]c3ccc(N)cc3c2C(=O)NC2CC2)cc1. The van der Waals surface area contributed by atoms with Crippen LogP contribution in [0.1, 0.15) is 28.8 Å². The van der Waals surface area contributed by atoms with Gasteiger partial charge in [0.1, 0.15) is 0 Å². The van der Waals surface area contributed by atoms with Crippen LogP contribution in [-0.4, -0.2) is 16.9 Å². The molecule has 0 bridgehead atoms. The fourth-order valence-corrected chi connectivity index (χ4v) is 2.87. The zero-order chi connectivity index (χ0) is 16.0. The third-order valence-electron chi connectivity index (χ3n) is 4.30. The molecule has 0 atom stereocenters. The van der Waals surface area contributed by atoms with Crippen LogP contribution in [0.15, 0.2) is 42.5 Å². The van der Waals surface area contributed by atoms with Gasteiger partial charge in [-0.1, -0.05) is 29.8 Å². The summed E-state index contributed by atoms with van der Waals surface area (Å²) in [5, 5.41) is 3.96. The number of nitrogen functional groups attached to an aromatic ring is 1. The van der Waals surface area contributed by atoms with E-state index >= 15 is 0 Å². The number of hydrogen-bond donors (Lipinski definition) is 3. The minimum absolute atomic E-state index is 0.0278. The fraction of sp³-hybridized carbons (Fsp3) is 0.211. The van der Waals surface area contributed by atoms with Crippen molar-refractivity contribution in [3.8, 4) is 11.3 Å². The average molecular weight is 305 g/mol. The second kappa shape index (κ2) is 5.16. The smallest absolute Gasteiger partial charge is 0.254 e. The van der Waals surface area contributed by atoms with Crippen molar-refractivity contribution < 1.29 is 4.79 Å². The highest BCUT2D eigenvalue weighted by atomic mass is 16.1. The van der Waals surface area contributed by atoms with Crippen molar-refractivity contribution in [2.45, 2.75) is 25.8 Å². The largest absolute Gasteiger partial charge is 0.399 e. The maximum Gasteiger partial charge on any atom is 0.254 e. The van der Waals surface area contributed by atoms with Gasteiger partial charge in [-0.3, -0.25) is 4.79 Å². The predicted octanol–water partition coefficient (Wildman–Crippen LogP) is 3.62. The van der Waals surface area contributed by atoms with Crippen LogP contribution in [0.3, 0.4) is 0 Å². The van der Waals surface area contributed by atoms with Crippen molar-refractivity contribution in [2.75, 3.05) is 5.73 Å². The number of carbonyl (C=O) groups is 1. The molecule has 1 aliphatic carbocycles. The highest BCUT2D eigenvalue weighted by Crippen LogP contribution is 2.32. The van der Waals surface area contributed by atoms with Gasteiger partial charge in [-0.25, -0.2) is 0 Å². The highest BCUT2D eigenvalue weighted by molar-refractivity contribution is 6.13. The average Bonchev–Trinajstić information content (AvgIpc) is 3.26. The van der Waals surface area contributed by atoms with Crippen LogP contribution in [-0.2, 0) is 0 Å². The van der Waals surface area contributed by atoms with E-state index in [0.717, 1.165) is 35.0 Å². The van der Waals surface area contributed by atoms with Gasteiger partial charge in [0.2, 0.25) is 0 Å². The quantitative estimate of drug-likeness (QED) is 0.647. The van der Waals surface area contributed by atoms with Crippen molar-refractivity contribution in [2.24, 2.45) is 0 Å². The molecule has 1 saturated carbocycles. The minimum Gasteiger partial charge on any atom is -0.399 e. The number of nitrogens with one attached hydrogen (secondary N) is 2. The number of fused-ring (bicyclic) bond motifs is 1. The van der Waals surface area contributed by atoms with Crippen LogP contribution in [0.25, 0.3) is 22.2 Å². The number of anilines is 1. The first kappa shape index (κ1) is 13.9. The van der Waals surface area contributed by atoms with E-state index in [-0.39, 0.29) is 5.91 Å². The molecule has 116 valence electrons. The van der Waals surface area contributed by atoms with Crippen LogP contribution < -0.4 is 11.1 Å². The number of rotatable bonds is 3. The third kappa shape index (κ3) is 2.57. The van der Waals surface area contributed by atoms with E-state index in [4.69, 9.17) is 5.73 Å². The number of aromatic nitrogens is 1. The molecule has 23 heavy (non-hydrogen) atoms. The molecule has 2 aromatic carbocycles. The van der Waals surface area contributed by atoms with E-state index in [1.54, 1.807) is 0 Å². The van der Waals surface area contributed by atoms with Gasteiger partial charge in [0.05, 0.1) is 11.3 Å².